The molecule has 5 nitrogen and oxygen atoms in total. The van der Waals surface area contributed by atoms with Gasteiger partial charge in [0.05, 0.1) is 5.69 Å². The van der Waals surface area contributed by atoms with Gasteiger partial charge in [-0.2, -0.15) is 0 Å². The van der Waals surface area contributed by atoms with Crippen molar-refractivity contribution in [1.82, 2.24) is 5.32 Å². The van der Waals surface area contributed by atoms with Gasteiger partial charge in [0, 0.05) is 11.4 Å². The molecule has 0 amide bonds. The Kier molecular flexibility index (Phi) is 4.99. The lowest BCUT2D eigenvalue weighted by Crippen LogP contribution is -2.43. The smallest absolute Gasteiger partial charge is 0.277 e. The number of hydrogen-bond donors (Lipinski definition) is 1. The Hall–Kier alpha value is -1.76. The number of hydrogen-bond acceptors (Lipinski definition) is 4. The number of rotatable bonds is 5. The zero-order valence-corrected chi connectivity index (χ0v) is 14.8. The molecule has 1 N–H and O–H groups in total. The first-order valence-electron chi connectivity index (χ1n) is 7.74. The molecule has 7 heteroatoms. The molecule has 1 aliphatic rings. The Labute approximate surface area is 147 Å². The summed E-state index contributed by atoms with van der Waals surface area (Å²) in [6.45, 7) is 0.730. The van der Waals surface area contributed by atoms with Crippen molar-refractivity contribution in [3.63, 3.8) is 0 Å². The summed E-state index contributed by atoms with van der Waals surface area (Å²) < 4.78 is 33.4. The molecule has 0 fully saturated rings. The van der Waals surface area contributed by atoms with Crippen LogP contribution in [0, 0.1) is 0 Å². The molecule has 2 aromatic rings. The van der Waals surface area contributed by atoms with Crippen LogP contribution in [0.15, 0.2) is 48.5 Å². The molecule has 1 heterocycles. The van der Waals surface area contributed by atoms with Crippen LogP contribution in [-0.4, -0.2) is 27.4 Å². The number of sulfonamides is 1. The second kappa shape index (κ2) is 7.01. The fourth-order valence-corrected chi connectivity index (χ4v) is 4.63. The van der Waals surface area contributed by atoms with E-state index >= 15 is 0 Å². The van der Waals surface area contributed by atoms with Gasteiger partial charge in [-0.15, -0.1) is 0 Å². The molecule has 1 aliphatic heterocycles. The highest BCUT2D eigenvalue weighted by Gasteiger charge is 2.40. The van der Waals surface area contributed by atoms with Crippen LogP contribution < -0.4 is 14.4 Å². The number of nitrogens with one attached hydrogen (secondary N) is 1. The first kappa shape index (κ1) is 17.1. The number of fused-ring (bicyclic) bond motifs is 1. The average molecular weight is 367 g/mol. The molecule has 0 saturated carbocycles. The van der Waals surface area contributed by atoms with Crippen molar-refractivity contribution >= 4 is 33.0 Å². The molecule has 128 valence electrons. The normalized spacial score (nSPS) is 18.8. The predicted molar refractivity (Wildman–Crippen MR) is 96.5 cm³/mol. The number of nitrogens with zero attached hydrogens (tertiary/aromatic N) is 1. The maximum Gasteiger partial charge on any atom is 0.277 e. The van der Waals surface area contributed by atoms with Crippen LogP contribution in [0.1, 0.15) is 12.8 Å². The summed E-state index contributed by atoms with van der Waals surface area (Å²) in [5.74, 6) is 0.521. The maximum atomic E-state index is 13.1. The van der Waals surface area contributed by atoms with Gasteiger partial charge in [-0.1, -0.05) is 29.8 Å². The highest BCUT2D eigenvalue weighted by atomic mass is 35.5. The topological polar surface area (TPSA) is 58.6 Å². The SMILES string of the molecule is CNCCCC1Oc2ccc(Cl)cc2N(c2ccccc2)S1(=O)=O. The molecule has 3 rings (SSSR count). The summed E-state index contributed by atoms with van der Waals surface area (Å²) in [6.07, 6.45) is 1.11. The van der Waals surface area contributed by atoms with Gasteiger partial charge in [0.15, 0.2) is 0 Å². The lowest BCUT2D eigenvalue weighted by atomic mass is 10.2. The van der Waals surface area contributed by atoms with Crippen LogP contribution >= 0.6 is 11.6 Å². The third kappa shape index (κ3) is 3.22. The predicted octanol–water partition coefficient (Wildman–Crippen LogP) is 3.53. The Morgan fingerprint density at radius 3 is 2.67 bits per heavy atom. The third-order valence-corrected chi connectivity index (χ3v) is 5.99. The molecular formula is C17H19ClN2O3S. The molecule has 0 bridgehead atoms. The maximum absolute atomic E-state index is 13.1. The minimum absolute atomic E-state index is 0.411. The van der Waals surface area contributed by atoms with E-state index in [-0.39, 0.29) is 0 Å². The first-order valence-corrected chi connectivity index (χ1v) is 9.62. The van der Waals surface area contributed by atoms with Crippen LogP contribution in [0.4, 0.5) is 11.4 Å². The van der Waals surface area contributed by atoms with E-state index in [2.05, 4.69) is 5.32 Å². The van der Waals surface area contributed by atoms with E-state index in [0.717, 1.165) is 6.54 Å². The summed E-state index contributed by atoms with van der Waals surface area (Å²) in [7, 11) is -1.87. The standard InChI is InChI=1S/C17H19ClN2O3S/c1-19-11-5-8-17-23-16-10-9-13(18)12-15(16)20(24(17,21)22)14-6-3-2-4-7-14/h2-4,6-7,9-10,12,17,19H,5,8,11H2,1H3. The lowest BCUT2D eigenvalue weighted by Gasteiger charge is -2.35. The molecular weight excluding hydrogens is 348 g/mol. The van der Waals surface area contributed by atoms with Crippen LogP contribution in [0.25, 0.3) is 0 Å². The summed E-state index contributed by atoms with van der Waals surface area (Å²) >= 11 is 6.08. The van der Waals surface area contributed by atoms with Gasteiger partial charge in [-0.25, -0.2) is 12.7 Å². The Morgan fingerprint density at radius 2 is 1.96 bits per heavy atom. The van der Waals surface area contributed by atoms with Gasteiger partial charge >= 0.3 is 0 Å². The molecule has 24 heavy (non-hydrogen) atoms. The van der Waals surface area contributed by atoms with E-state index in [4.69, 9.17) is 16.3 Å². The van der Waals surface area contributed by atoms with E-state index in [0.29, 0.717) is 35.0 Å². The van der Waals surface area contributed by atoms with Gasteiger partial charge < -0.3 is 10.1 Å². The fraction of sp³-hybridized carbons (Fsp3) is 0.294. The molecule has 2 aromatic carbocycles. The number of anilines is 2. The third-order valence-electron chi connectivity index (χ3n) is 3.84. The average Bonchev–Trinajstić information content (AvgIpc) is 2.56. The van der Waals surface area contributed by atoms with Crippen molar-refractivity contribution in [3.8, 4) is 5.75 Å². The van der Waals surface area contributed by atoms with Crippen LogP contribution in [-0.2, 0) is 10.0 Å². The number of ether oxygens (including phenoxy) is 1. The van der Waals surface area contributed by atoms with E-state index in [9.17, 15) is 8.42 Å². The summed E-state index contributed by atoms with van der Waals surface area (Å²) in [6, 6.07) is 14.0. The van der Waals surface area contributed by atoms with Crippen molar-refractivity contribution in [2.24, 2.45) is 0 Å². The highest BCUT2D eigenvalue weighted by molar-refractivity contribution is 7.93. The van der Waals surface area contributed by atoms with Crippen molar-refractivity contribution in [2.75, 3.05) is 17.9 Å². The monoisotopic (exact) mass is 366 g/mol. The van der Waals surface area contributed by atoms with E-state index in [1.54, 1.807) is 42.5 Å². The van der Waals surface area contributed by atoms with Gasteiger partial charge in [0.25, 0.3) is 10.0 Å². The second-order valence-corrected chi connectivity index (χ2v) is 7.91. The molecule has 0 saturated heterocycles. The fourth-order valence-electron chi connectivity index (χ4n) is 2.71. The summed E-state index contributed by atoms with van der Waals surface area (Å²) in [4.78, 5) is 0. The largest absolute Gasteiger partial charge is 0.470 e. The quantitative estimate of drug-likeness (QED) is 0.822. The van der Waals surface area contributed by atoms with Gasteiger partial charge in [-0.05, 0) is 50.3 Å². The van der Waals surface area contributed by atoms with Crippen LogP contribution in [0.5, 0.6) is 5.75 Å². The molecule has 0 aliphatic carbocycles. The van der Waals surface area contributed by atoms with Crippen molar-refractivity contribution < 1.29 is 13.2 Å². The molecule has 1 atom stereocenters. The van der Waals surface area contributed by atoms with Gasteiger partial charge in [0.1, 0.15) is 11.4 Å². The second-order valence-electron chi connectivity index (χ2n) is 5.55. The summed E-state index contributed by atoms with van der Waals surface area (Å²) in [5, 5.41) is 3.48. The Morgan fingerprint density at radius 1 is 1.21 bits per heavy atom. The summed E-state index contributed by atoms with van der Waals surface area (Å²) in [5.41, 5.74) is 0.0984. The molecule has 0 radical (unpaired) electrons. The Balaban J connectivity index is 2.08. The lowest BCUT2D eigenvalue weighted by molar-refractivity contribution is 0.254. The minimum atomic E-state index is -3.70. The minimum Gasteiger partial charge on any atom is -0.470 e. The van der Waals surface area contributed by atoms with Crippen LogP contribution in [0.3, 0.4) is 0 Å². The van der Waals surface area contributed by atoms with E-state index < -0.39 is 15.5 Å². The van der Waals surface area contributed by atoms with E-state index in [1.165, 1.54) is 4.31 Å². The Bertz CT molecular complexity index is 812. The van der Waals surface area contributed by atoms with Crippen molar-refractivity contribution in [3.05, 3.63) is 53.6 Å². The number of halogens is 1. The number of benzene rings is 2. The highest BCUT2D eigenvalue weighted by Crippen LogP contribution is 2.44. The van der Waals surface area contributed by atoms with Gasteiger partial charge in [-0.3, -0.25) is 0 Å². The van der Waals surface area contributed by atoms with Crippen LogP contribution in [0.2, 0.25) is 5.02 Å². The molecule has 0 aromatic heterocycles. The number of para-hydroxylation sites is 1. The molecule has 0 spiro atoms. The zero-order chi connectivity index (χ0) is 17.2. The van der Waals surface area contributed by atoms with Gasteiger partial charge in [0.2, 0.25) is 5.44 Å². The van der Waals surface area contributed by atoms with E-state index in [1.807, 2.05) is 13.1 Å². The zero-order valence-electron chi connectivity index (χ0n) is 13.3. The van der Waals surface area contributed by atoms with Crippen molar-refractivity contribution in [2.45, 2.75) is 18.3 Å². The van der Waals surface area contributed by atoms with Crippen molar-refractivity contribution in [1.29, 1.82) is 0 Å². The first-order chi connectivity index (χ1) is 11.5. The molecule has 1 unspecified atom stereocenters.